The van der Waals surface area contributed by atoms with Gasteiger partial charge in [-0.25, -0.2) is 0 Å². The summed E-state index contributed by atoms with van der Waals surface area (Å²) in [6, 6.07) is 0. The van der Waals surface area contributed by atoms with Crippen molar-refractivity contribution in [1.29, 1.82) is 0 Å². The second-order valence-electron chi connectivity index (χ2n) is 5.45. The number of nitrogens with zero attached hydrogens (tertiary/aromatic N) is 1. The molecular weight excluding hydrogens is 242 g/mol. The van der Waals surface area contributed by atoms with Gasteiger partial charge in [-0.05, 0) is 25.2 Å². The number of hydrogen-bond acceptors (Lipinski definition) is 3. The smallest absolute Gasteiger partial charge is 0.325 e. The number of esters is 1. The van der Waals surface area contributed by atoms with E-state index in [2.05, 4.69) is 4.74 Å². The van der Waals surface area contributed by atoms with E-state index in [1.807, 2.05) is 6.92 Å². The highest BCUT2D eigenvalue weighted by Crippen LogP contribution is 2.26. The van der Waals surface area contributed by atoms with E-state index in [1.165, 1.54) is 32.8 Å². The van der Waals surface area contributed by atoms with E-state index in [4.69, 9.17) is 0 Å². The first-order valence-corrected chi connectivity index (χ1v) is 7.52. The fourth-order valence-corrected chi connectivity index (χ4v) is 2.73. The van der Waals surface area contributed by atoms with Crippen LogP contribution >= 0.6 is 0 Å². The van der Waals surface area contributed by atoms with Gasteiger partial charge in [0.2, 0.25) is 5.91 Å². The Morgan fingerprint density at radius 3 is 2.32 bits per heavy atom. The lowest BCUT2D eigenvalue weighted by Gasteiger charge is -2.23. The maximum Gasteiger partial charge on any atom is 0.325 e. The molecule has 0 spiro atoms. The van der Waals surface area contributed by atoms with Gasteiger partial charge < -0.3 is 9.64 Å². The van der Waals surface area contributed by atoms with Crippen molar-refractivity contribution in [3.8, 4) is 0 Å². The third kappa shape index (κ3) is 6.08. The Balaban J connectivity index is 2.47. The highest BCUT2D eigenvalue weighted by molar-refractivity contribution is 5.82. The molecule has 0 unspecified atom stereocenters. The van der Waals surface area contributed by atoms with Gasteiger partial charge in [0.1, 0.15) is 6.54 Å². The summed E-state index contributed by atoms with van der Waals surface area (Å²) >= 11 is 0. The quantitative estimate of drug-likeness (QED) is 0.550. The molecule has 0 saturated heterocycles. The van der Waals surface area contributed by atoms with Gasteiger partial charge in [-0.2, -0.15) is 0 Å². The molecule has 1 aliphatic carbocycles. The molecule has 0 bridgehead atoms. The van der Waals surface area contributed by atoms with Crippen LogP contribution in [-0.2, 0) is 14.3 Å². The zero-order valence-electron chi connectivity index (χ0n) is 12.3. The fourth-order valence-electron chi connectivity index (χ4n) is 2.73. The molecule has 0 aromatic rings. The van der Waals surface area contributed by atoms with E-state index in [1.54, 1.807) is 4.90 Å². The van der Waals surface area contributed by atoms with Crippen molar-refractivity contribution >= 4 is 11.9 Å². The second kappa shape index (κ2) is 8.94. The third-order valence-electron chi connectivity index (χ3n) is 3.83. The molecule has 1 aliphatic rings. The van der Waals surface area contributed by atoms with E-state index in [-0.39, 0.29) is 18.4 Å². The fraction of sp³-hybridized carbons (Fsp3) is 0.867. The highest BCUT2D eigenvalue weighted by atomic mass is 16.5. The minimum absolute atomic E-state index is 0.0931. The van der Waals surface area contributed by atoms with Crippen LogP contribution < -0.4 is 0 Å². The molecule has 0 aromatic carbocycles. The van der Waals surface area contributed by atoms with Crippen molar-refractivity contribution in [3.63, 3.8) is 0 Å². The van der Waals surface area contributed by atoms with E-state index in [0.717, 1.165) is 19.3 Å². The molecule has 0 aliphatic heterocycles. The van der Waals surface area contributed by atoms with Crippen LogP contribution in [0, 0.1) is 5.92 Å². The molecule has 0 N–H and O–H groups in total. The van der Waals surface area contributed by atoms with Crippen LogP contribution in [0.5, 0.6) is 0 Å². The standard InChI is InChI=1S/C15H27NO3/c1-3-10-16(12-15(18)19-2)14(17)11-13-8-6-4-5-7-9-13/h13H,3-12H2,1-2H3. The van der Waals surface area contributed by atoms with E-state index >= 15 is 0 Å². The van der Waals surface area contributed by atoms with E-state index in [9.17, 15) is 9.59 Å². The lowest BCUT2D eigenvalue weighted by atomic mass is 9.96. The normalized spacial score (nSPS) is 16.7. The van der Waals surface area contributed by atoms with Crippen molar-refractivity contribution < 1.29 is 14.3 Å². The lowest BCUT2D eigenvalue weighted by Crippen LogP contribution is -2.37. The number of carbonyl (C=O) groups excluding carboxylic acids is 2. The summed E-state index contributed by atoms with van der Waals surface area (Å²) in [6.45, 7) is 2.75. The number of rotatable bonds is 6. The molecule has 0 aromatic heterocycles. The first kappa shape index (κ1) is 16.0. The van der Waals surface area contributed by atoms with Gasteiger partial charge in [-0.1, -0.05) is 32.6 Å². The molecule has 4 nitrogen and oxygen atoms in total. The Kier molecular flexibility index (Phi) is 7.53. The van der Waals surface area contributed by atoms with Crippen molar-refractivity contribution in [2.75, 3.05) is 20.2 Å². The summed E-state index contributed by atoms with van der Waals surface area (Å²) in [5.74, 6) is 0.286. The lowest BCUT2D eigenvalue weighted by molar-refractivity contribution is -0.147. The van der Waals surface area contributed by atoms with Crippen molar-refractivity contribution in [1.82, 2.24) is 4.90 Å². The average molecular weight is 269 g/mol. The zero-order chi connectivity index (χ0) is 14.1. The summed E-state index contributed by atoms with van der Waals surface area (Å²) in [4.78, 5) is 25.3. The van der Waals surface area contributed by atoms with Crippen molar-refractivity contribution in [2.24, 2.45) is 5.92 Å². The Morgan fingerprint density at radius 1 is 1.16 bits per heavy atom. The van der Waals surface area contributed by atoms with Gasteiger partial charge in [0, 0.05) is 13.0 Å². The highest BCUT2D eigenvalue weighted by Gasteiger charge is 2.21. The molecule has 0 heterocycles. The summed E-state index contributed by atoms with van der Waals surface area (Å²) in [6.07, 6.45) is 8.85. The number of ether oxygens (including phenoxy) is 1. The van der Waals surface area contributed by atoms with Crippen LogP contribution in [0.25, 0.3) is 0 Å². The number of carbonyl (C=O) groups is 2. The van der Waals surface area contributed by atoms with Crippen LogP contribution in [0.15, 0.2) is 0 Å². The molecule has 1 fully saturated rings. The molecule has 1 saturated carbocycles. The molecule has 0 atom stereocenters. The second-order valence-corrected chi connectivity index (χ2v) is 5.45. The summed E-state index contributed by atoms with van der Waals surface area (Å²) in [7, 11) is 1.36. The topological polar surface area (TPSA) is 46.6 Å². The first-order valence-electron chi connectivity index (χ1n) is 7.52. The van der Waals surface area contributed by atoms with Gasteiger partial charge in [0.15, 0.2) is 0 Å². The Labute approximate surface area is 116 Å². The van der Waals surface area contributed by atoms with Gasteiger partial charge in [0.25, 0.3) is 0 Å². The van der Waals surface area contributed by atoms with Crippen molar-refractivity contribution in [3.05, 3.63) is 0 Å². The number of methoxy groups -OCH3 is 1. The molecule has 4 heteroatoms. The largest absolute Gasteiger partial charge is 0.468 e. The van der Waals surface area contributed by atoms with Gasteiger partial charge >= 0.3 is 5.97 Å². The maximum atomic E-state index is 12.3. The predicted octanol–water partition coefficient (Wildman–Crippen LogP) is 2.76. The summed E-state index contributed by atoms with van der Waals surface area (Å²) in [5.41, 5.74) is 0. The zero-order valence-corrected chi connectivity index (χ0v) is 12.3. The van der Waals surface area contributed by atoms with Gasteiger partial charge in [0.05, 0.1) is 7.11 Å². The van der Waals surface area contributed by atoms with E-state index < -0.39 is 0 Å². The Hall–Kier alpha value is -1.06. The minimum atomic E-state index is -0.331. The first-order chi connectivity index (χ1) is 9.17. The van der Waals surface area contributed by atoms with Crippen molar-refractivity contribution in [2.45, 2.75) is 58.3 Å². The minimum Gasteiger partial charge on any atom is -0.468 e. The third-order valence-corrected chi connectivity index (χ3v) is 3.83. The molecule has 19 heavy (non-hydrogen) atoms. The van der Waals surface area contributed by atoms with E-state index in [0.29, 0.717) is 18.9 Å². The molecule has 1 amide bonds. The Morgan fingerprint density at radius 2 is 1.79 bits per heavy atom. The molecule has 1 rings (SSSR count). The number of amides is 1. The number of hydrogen-bond donors (Lipinski definition) is 0. The van der Waals surface area contributed by atoms with Crippen LogP contribution in [0.3, 0.4) is 0 Å². The monoisotopic (exact) mass is 269 g/mol. The molecule has 0 radical (unpaired) electrons. The maximum absolute atomic E-state index is 12.3. The Bertz CT molecular complexity index is 283. The van der Waals surface area contributed by atoms with Crippen LogP contribution in [0.4, 0.5) is 0 Å². The van der Waals surface area contributed by atoms with Crippen LogP contribution in [0.1, 0.15) is 58.3 Å². The van der Waals surface area contributed by atoms with Gasteiger partial charge in [-0.3, -0.25) is 9.59 Å². The van der Waals surface area contributed by atoms with Crippen LogP contribution in [-0.4, -0.2) is 37.0 Å². The van der Waals surface area contributed by atoms with Crippen LogP contribution in [0.2, 0.25) is 0 Å². The SMILES string of the molecule is CCCN(CC(=O)OC)C(=O)CC1CCCCCC1. The molecule has 110 valence electrons. The average Bonchev–Trinajstić information content (AvgIpc) is 2.66. The summed E-state index contributed by atoms with van der Waals surface area (Å²) < 4.78 is 4.65. The molecular formula is C15H27NO3. The van der Waals surface area contributed by atoms with Gasteiger partial charge in [-0.15, -0.1) is 0 Å². The predicted molar refractivity (Wildman–Crippen MR) is 74.7 cm³/mol. The summed E-state index contributed by atoms with van der Waals surface area (Å²) in [5, 5.41) is 0.